The van der Waals surface area contributed by atoms with Gasteiger partial charge in [-0.2, -0.15) is 0 Å². The first kappa shape index (κ1) is 21.3. The molecule has 0 atom stereocenters. The lowest BCUT2D eigenvalue weighted by Crippen LogP contribution is -2.20. The van der Waals surface area contributed by atoms with Gasteiger partial charge in [-0.15, -0.1) is 10.2 Å². The molecule has 1 aromatic heterocycles. The van der Waals surface area contributed by atoms with Crippen molar-refractivity contribution in [1.29, 1.82) is 0 Å². The van der Waals surface area contributed by atoms with E-state index in [1.807, 2.05) is 30.3 Å². The van der Waals surface area contributed by atoms with Crippen LogP contribution >= 0.6 is 23.1 Å². The number of carbonyl (C=O) groups is 1. The van der Waals surface area contributed by atoms with Gasteiger partial charge in [0.1, 0.15) is 5.75 Å². The molecule has 1 amide bonds. The third kappa shape index (κ3) is 5.62. The molecule has 1 heterocycles. The van der Waals surface area contributed by atoms with Crippen molar-refractivity contribution in [2.24, 2.45) is 0 Å². The number of benzene rings is 3. The van der Waals surface area contributed by atoms with Crippen LogP contribution < -0.4 is 10.1 Å². The van der Waals surface area contributed by atoms with Gasteiger partial charge in [0.2, 0.25) is 5.13 Å². The first-order valence-electron chi connectivity index (χ1n) is 10.0. The minimum atomic E-state index is -0.255. The Balaban J connectivity index is 1.29. The molecule has 0 fully saturated rings. The summed E-state index contributed by atoms with van der Waals surface area (Å²) in [6, 6.07) is 22.5. The molecule has 7 heteroatoms. The van der Waals surface area contributed by atoms with Gasteiger partial charge in [0.05, 0.1) is 0 Å². The molecule has 0 radical (unpaired) electrons. The average Bonchev–Trinajstić information content (AvgIpc) is 3.23. The lowest BCUT2D eigenvalue weighted by Gasteiger charge is -2.08. The van der Waals surface area contributed by atoms with Gasteiger partial charge in [-0.1, -0.05) is 91.5 Å². The number of hydrogen-bond donors (Lipinski definition) is 1. The Morgan fingerprint density at radius 1 is 1.03 bits per heavy atom. The van der Waals surface area contributed by atoms with E-state index in [9.17, 15) is 4.79 Å². The molecule has 0 bridgehead atoms. The number of nitrogens with one attached hydrogen (secondary N) is 1. The molecule has 5 nitrogen and oxygen atoms in total. The van der Waals surface area contributed by atoms with E-state index in [1.54, 1.807) is 11.8 Å². The van der Waals surface area contributed by atoms with Crippen molar-refractivity contribution in [2.75, 3.05) is 11.9 Å². The summed E-state index contributed by atoms with van der Waals surface area (Å²) in [5, 5.41) is 14.0. The Labute approximate surface area is 189 Å². The topological polar surface area (TPSA) is 64.1 Å². The Kier molecular flexibility index (Phi) is 6.84. The Bertz CT molecular complexity index is 1170. The normalized spacial score (nSPS) is 11.1. The average molecular weight is 450 g/mol. The second-order valence-corrected chi connectivity index (χ2v) is 9.56. The number of thioether (sulfide) groups is 1. The first-order valence-corrected chi connectivity index (χ1v) is 11.8. The molecule has 0 unspecified atom stereocenters. The number of aromatic nitrogens is 2. The number of carbonyl (C=O) groups excluding carboxylic acids is 1. The predicted octanol–water partition coefficient (Wildman–Crippen LogP) is 6.12. The molecule has 0 saturated carbocycles. The summed E-state index contributed by atoms with van der Waals surface area (Å²) in [5.41, 5.74) is 2.49. The molecule has 3 aromatic carbocycles. The highest BCUT2D eigenvalue weighted by Gasteiger charge is 2.11. The van der Waals surface area contributed by atoms with Crippen LogP contribution in [0.15, 0.2) is 71.1 Å². The molecular weight excluding hydrogens is 426 g/mol. The van der Waals surface area contributed by atoms with Crippen LogP contribution in [-0.4, -0.2) is 22.7 Å². The van der Waals surface area contributed by atoms with E-state index in [4.69, 9.17) is 4.74 Å². The summed E-state index contributed by atoms with van der Waals surface area (Å²) < 4.78 is 6.38. The molecule has 4 rings (SSSR count). The maximum Gasteiger partial charge on any atom is 0.264 e. The molecule has 0 aliphatic rings. The van der Waals surface area contributed by atoms with Crippen molar-refractivity contribution in [3.8, 4) is 5.75 Å². The van der Waals surface area contributed by atoms with Crippen LogP contribution in [0.1, 0.15) is 30.9 Å². The largest absolute Gasteiger partial charge is 0.484 e. The number of fused-ring (bicyclic) bond motifs is 1. The molecule has 0 aliphatic carbocycles. The van der Waals surface area contributed by atoms with E-state index in [-0.39, 0.29) is 12.5 Å². The summed E-state index contributed by atoms with van der Waals surface area (Å²) in [6.07, 6.45) is 0. The number of amides is 1. The minimum absolute atomic E-state index is 0.0704. The van der Waals surface area contributed by atoms with Gasteiger partial charge in [-0.3, -0.25) is 10.1 Å². The number of nitrogens with zero attached hydrogens (tertiary/aromatic N) is 2. The van der Waals surface area contributed by atoms with Crippen LogP contribution in [0.25, 0.3) is 10.8 Å². The second-order valence-electron chi connectivity index (χ2n) is 7.36. The number of rotatable bonds is 8. The van der Waals surface area contributed by atoms with Crippen molar-refractivity contribution >= 4 is 44.9 Å². The van der Waals surface area contributed by atoms with Gasteiger partial charge in [0, 0.05) is 5.75 Å². The molecular formula is C24H23N3O2S2. The van der Waals surface area contributed by atoms with Crippen molar-refractivity contribution in [1.82, 2.24) is 10.2 Å². The minimum Gasteiger partial charge on any atom is -0.484 e. The first-order chi connectivity index (χ1) is 15.1. The lowest BCUT2D eigenvalue weighted by molar-refractivity contribution is -0.118. The van der Waals surface area contributed by atoms with Gasteiger partial charge < -0.3 is 4.74 Å². The van der Waals surface area contributed by atoms with E-state index in [0.717, 1.165) is 10.1 Å². The van der Waals surface area contributed by atoms with Crippen LogP contribution in [0.2, 0.25) is 0 Å². The van der Waals surface area contributed by atoms with Crippen molar-refractivity contribution in [3.63, 3.8) is 0 Å². The zero-order valence-electron chi connectivity index (χ0n) is 17.4. The zero-order chi connectivity index (χ0) is 21.6. The molecule has 0 saturated heterocycles. The molecule has 31 heavy (non-hydrogen) atoms. The van der Waals surface area contributed by atoms with E-state index in [0.29, 0.717) is 16.8 Å². The molecule has 158 valence electrons. The fraction of sp³-hybridized carbons (Fsp3) is 0.208. The molecule has 4 aromatic rings. The van der Waals surface area contributed by atoms with E-state index in [1.165, 1.54) is 33.2 Å². The number of ether oxygens (including phenoxy) is 1. The predicted molar refractivity (Wildman–Crippen MR) is 128 cm³/mol. The van der Waals surface area contributed by atoms with Crippen LogP contribution in [0.4, 0.5) is 5.13 Å². The fourth-order valence-corrected chi connectivity index (χ4v) is 4.90. The summed E-state index contributed by atoms with van der Waals surface area (Å²) >= 11 is 2.98. The zero-order valence-corrected chi connectivity index (χ0v) is 19.0. The molecule has 0 spiro atoms. The van der Waals surface area contributed by atoms with E-state index >= 15 is 0 Å². The number of anilines is 1. The van der Waals surface area contributed by atoms with Gasteiger partial charge in [-0.05, 0) is 39.9 Å². The van der Waals surface area contributed by atoms with E-state index < -0.39 is 0 Å². The summed E-state index contributed by atoms with van der Waals surface area (Å²) in [4.78, 5) is 12.2. The Morgan fingerprint density at radius 3 is 2.61 bits per heavy atom. The van der Waals surface area contributed by atoms with Gasteiger partial charge in [0.15, 0.2) is 10.9 Å². The standard InChI is InChI=1S/C24H23N3O2S2/c1-16(2)17-10-12-20(13-11-17)29-14-22(28)25-23-26-27-24(31-23)30-15-19-8-5-7-18-6-3-4-9-21(18)19/h3-13,16H,14-15H2,1-2H3,(H,25,26,28). The Morgan fingerprint density at radius 2 is 1.81 bits per heavy atom. The van der Waals surface area contributed by atoms with Crippen LogP contribution in [0, 0.1) is 0 Å². The summed E-state index contributed by atoms with van der Waals surface area (Å²) in [5.74, 6) is 1.67. The third-order valence-corrected chi connectivity index (χ3v) is 6.82. The van der Waals surface area contributed by atoms with Gasteiger partial charge in [0.25, 0.3) is 5.91 Å². The smallest absolute Gasteiger partial charge is 0.264 e. The van der Waals surface area contributed by atoms with E-state index in [2.05, 4.69) is 65.8 Å². The van der Waals surface area contributed by atoms with Gasteiger partial charge in [-0.25, -0.2) is 0 Å². The van der Waals surface area contributed by atoms with Crippen molar-refractivity contribution < 1.29 is 9.53 Å². The maximum absolute atomic E-state index is 12.2. The summed E-state index contributed by atoms with van der Waals surface area (Å²) in [6.45, 7) is 4.21. The second kappa shape index (κ2) is 9.94. The van der Waals surface area contributed by atoms with Crippen LogP contribution in [-0.2, 0) is 10.5 Å². The highest BCUT2D eigenvalue weighted by molar-refractivity contribution is 8.00. The third-order valence-electron chi connectivity index (χ3n) is 4.80. The van der Waals surface area contributed by atoms with Crippen molar-refractivity contribution in [2.45, 2.75) is 29.9 Å². The quantitative estimate of drug-likeness (QED) is 0.259. The highest BCUT2D eigenvalue weighted by Crippen LogP contribution is 2.30. The fourth-order valence-electron chi connectivity index (χ4n) is 3.13. The molecule has 0 aliphatic heterocycles. The van der Waals surface area contributed by atoms with Crippen LogP contribution in [0.5, 0.6) is 5.75 Å². The lowest BCUT2D eigenvalue weighted by atomic mass is 10.0. The van der Waals surface area contributed by atoms with Crippen molar-refractivity contribution in [3.05, 3.63) is 77.9 Å². The van der Waals surface area contributed by atoms with Gasteiger partial charge >= 0.3 is 0 Å². The number of hydrogen-bond acceptors (Lipinski definition) is 6. The monoisotopic (exact) mass is 449 g/mol. The maximum atomic E-state index is 12.2. The highest BCUT2D eigenvalue weighted by atomic mass is 32.2. The molecule has 1 N–H and O–H groups in total. The Hall–Kier alpha value is -2.90. The summed E-state index contributed by atoms with van der Waals surface area (Å²) in [7, 11) is 0. The SMILES string of the molecule is CC(C)c1ccc(OCC(=O)Nc2nnc(SCc3cccc4ccccc34)s2)cc1. The van der Waals surface area contributed by atoms with Crippen LogP contribution in [0.3, 0.4) is 0 Å².